The fraction of sp³-hybridized carbons (Fsp3) is 0. The van der Waals surface area contributed by atoms with Crippen LogP contribution in [0.15, 0.2) is 39.2 Å². The SMILES string of the molecule is O=C1NC(=O)C1=C1Sc2c(O)c3c(c(O)c2S1)SC(=C1C(=O)NC1=O)S3. The van der Waals surface area contributed by atoms with Gasteiger partial charge >= 0.3 is 0 Å². The first-order valence-electron chi connectivity index (χ1n) is 6.90. The first-order valence-corrected chi connectivity index (χ1v) is 10.2. The Bertz CT molecular complexity index is 931. The van der Waals surface area contributed by atoms with Crippen molar-refractivity contribution in [2.24, 2.45) is 0 Å². The number of hydrogen-bond donors (Lipinski definition) is 4. The molecule has 1 aromatic rings. The van der Waals surface area contributed by atoms with Gasteiger partial charge in [0.2, 0.25) is 0 Å². The van der Waals surface area contributed by atoms with Crippen LogP contribution in [0.25, 0.3) is 0 Å². The third kappa shape index (κ3) is 1.98. The van der Waals surface area contributed by atoms with Gasteiger partial charge in [0, 0.05) is 0 Å². The van der Waals surface area contributed by atoms with Crippen LogP contribution < -0.4 is 10.6 Å². The van der Waals surface area contributed by atoms with E-state index in [1.54, 1.807) is 0 Å². The fourth-order valence-electron chi connectivity index (χ4n) is 2.54. The monoisotopic (exact) mass is 424 g/mol. The predicted octanol–water partition coefficient (Wildman–Crippen LogP) is 1.23. The summed E-state index contributed by atoms with van der Waals surface area (Å²) in [6.07, 6.45) is 0. The average molecular weight is 424 g/mol. The molecule has 2 saturated heterocycles. The molecular weight excluding hydrogens is 420 g/mol. The molecule has 0 spiro atoms. The zero-order chi connectivity index (χ0) is 18.3. The number of carbonyl (C=O) groups excluding carboxylic acids is 4. The molecule has 4 aliphatic heterocycles. The average Bonchev–Trinajstić information content (AvgIpc) is 3.17. The normalized spacial score (nSPS) is 20.6. The highest BCUT2D eigenvalue weighted by atomic mass is 32.2. The van der Waals surface area contributed by atoms with E-state index in [2.05, 4.69) is 10.6 Å². The summed E-state index contributed by atoms with van der Waals surface area (Å²) < 4.78 is 0.787. The summed E-state index contributed by atoms with van der Waals surface area (Å²) in [6.45, 7) is 0. The molecule has 4 aliphatic rings. The smallest absolute Gasteiger partial charge is 0.265 e. The first-order chi connectivity index (χ1) is 12.4. The highest BCUT2D eigenvalue weighted by Gasteiger charge is 2.43. The minimum atomic E-state index is -0.491. The van der Waals surface area contributed by atoms with Crippen LogP contribution in [0.1, 0.15) is 0 Å². The minimum Gasteiger partial charge on any atom is -0.505 e. The van der Waals surface area contributed by atoms with Gasteiger partial charge < -0.3 is 10.2 Å². The first kappa shape index (κ1) is 16.2. The van der Waals surface area contributed by atoms with Crippen LogP contribution >= 0.6 is 47.0 Å². The van der Waals surface area contributed by atoms with E-state index >= 15 is 0 Å². The zero-order valence-corrected chi connectivity index (χ0v) is 15.4. The number of imide groups is 2. The molecule has 0 saturated carbocycles. The second-order valence-electron chi connectivity index (χ2n) is 5.31. The van der Waals surface area contributed by atoms with Gasteiger partial charge in [0.1, 0.15) is 22.6 Å². The van der Waals surface area contributed by atoms with Gasteiger partial charge in [0.05, 0.1) is 28.1 Å². The molecule has 2 fully saturated rings. The van der Waals surface area contributed by atoms with Crippen molar-refractivity contribution in [3.05, 3.63) is 19.6 Å². The Morgan fingerprint density at radius 3 is 1.04 bits per heavy atom. The lowest BCUT2D eigenvalue weighted by Gasteiger charge is -2.17. The summed E-state index contributed by atoms with van der Waals surface area (Å²) in [4.78, 5) is 47.5. The van der Waals surface area contributed by atoms with Gasteiger partial charge in [0.25, 0.3) is 23.6 Å². The van der Waals surface area contributed by atoms with Gasteiger partial charge in [-0.2, -0.15) is 0 Å². The molecule has 12 heteroatoms. The van der Waals surface area contributed by atoms with Crippen molar-refractivity contribution in [1.29, 1.82) is 0 Å². The van der Waals surface area contributed by atoms with E-state index < -0.39 is 23.6 Å². The number of β-lactam (4-membered cyclic amide) rings is 4. The lowest BCUT2D eigenvalue weighted by atomic mass is 10.1. The molecule has 0 radical (unpaired) electrons. The maximum atomic E-state index is 11.5. The lowest BCUT2D eigenvalue weighted by molar-refractivity contribution is -0.136. The van der Waals surface area contributed by atoms with E-state index in [4.69, 9.17) is 0 Å². The number of aromatic hydroxyl groups is 2. The van der Waals surface area contributed by atoms with Crippen LogP contribution in [0.4, 0.5) is 0 Å². The number of thioether (sulfide) groups is 4. The molecule has 0 aromatic heterocycles. The highest BCUT2D eigenvalue weighted by Crippen LogP contribution is 2.68. The molecule has 0 aliphatic carbocycles. The van der Waals surface area contributed by atoms with Crippen molar-refractivity contribution >= 4 is 70.7 Å². The maximum absolute atomic E-state index is 11.5. The summed E-state index contributed by atoms with van der Waals surface area (Å²) in [6, 6.07) is 0. The van der Waals surface area contributed by atoms with Crippen molar-refractivity contribution in [3.63, 3.8) is 0 Å². The van der Waals surface area contributed by atoms with Crippen molar-refractivity contribution in [2.45, 2.75) is 19.6 Å². The number of nitrogens with one attached hydrogen (secondary N) is 2. The number of phenols is 2. The number of rotatable bonds is 0. The summed E-state index contributed by atoms with van der Waals surface area (Å²) in [5.41, 5.74) is 0.0185. The summed E-state index contributed by atoms with van der Waals surface area (Å²) in [5, 5.41) is 25.4. The number of hydrogen-bond acceptors (Lipinski definition) is 10. The molecule has 5 rings (SSSR count). The standard InChI is InChI=1S/C14H4N2O6S4/c17-3-5-6(24-13(23-5)1-9(19)15-10(1)20)4(18)8-7(3)25-14(26-8)2-11(21)16-12(2)22/h17-18H,(H,15,19,20)(H,16,21,22). The van der Waals surface area contributed by atoms with E-state index in [0.717, 1.165) is 47.0 Å². The maximum Gasteiger partial charge on any atom is 0.265 e. The molecule has 4 heterocycles. The van der Waals surface area contributed by atoms with Gasteiger partial charge in [-0.25, -0.2) is 0 Å². The number of carbonyl (C=O) groups is 4. The number of phenolic OH excluding ortho intramolecular Hbond substituents is 2. The van der Waals surface area contributed by atoms with Crippen LogP contribution in [0, 0.1) is 0 Å². The summed E-state index contributed by atoms with van der Waals surface area (Å²) >= 11 is 4.12. The molecule has 4 amide bonds. The van der Waals surface area contributed by atoms with Gasteiger partial charge in [-0.05, 0) is 0 Å². The lowest BCUT2D eigenvalue weighted by Crippen LogP contribution is -2.47. The minimum absolute atomic E-state index is 0.00927. The molecule has 1 aromatic carbocycles. The van der Waals surface area contributed by atoms with Crippen molar-refractivity contribution in [1.82, 2.24) is 10.6 Å². The molecule has 8 nitrogen and oxygen atoms in total. The third-order valence-corrected chi connectivity index (χ3v) is 9.05. The largest absolute Gasteiger partial charge is 0.505 e. The van der Waals surface area contributed by atoms with Crippen molar-refractivity contribution < 1.29 is 29.4 Å². The Kier molecular flexibility index (Phi) is 3.27. The molecule has 4 N–H and O–H groups in total. The Balaban J connectivity index is 1.60. The van der Waals surface area contributed by atoms with E-state index in [-0.39, 0.29) is 22.6 Å². The summed E-state index contributed by atoms with van der Waals surface area (Å²) in [5.74, 6) is -2.20. The van der Waals surface area contributed by atoms with Crippen LogP contribution in [-0.2, 0) is 19.2 Å². The molecule has 130 valence electrons. The van der Waals surface area contributed by atoms with Gasteiger partial charge in [-0.15, -0.1) is 0 Å². The highest BCUT2D eigenvalue weighted by molar-refractivity contribution is 8.26. The van der Waals surface area contributed by atoms with E-state index in [1.165, 1.54) is 0 Å². The van der Waals surface area contributed by atoms with Crippen molar-refractivity contribution in [2.75, 3.05) is 0 Å². The number of amides is 4. The van der Waals surface area contributed by atoms with Crippen LogP contribution in [0.5, 0.6) is 11.5 Å². The predicted molar refractivity (Wildman–Crippen MR) is 93.6 cm³/mol. The second kappa shape index (κ2) is 5.25. The number of benzene rings is 1. The molecular formula is C14H4N2O6S4. The Labute approximate surface area is 161 Å². The van der Waals surface area contributed by atoms with E-state index in [1.807, 2.05) is 0 Å². The molecule has 0 bridgehead atoms. The Morgan fingerprint density at radius 2 is 0.808 bits per heavy atom. The Morgan fingerprint density at radius 1 is 0.538 bits per heavy atom. The molecule has 26 heavy (non-hydrogen) atoms. The molecule has 0 unspecified atom stereocenters. The fourth-order valence-corrected chi connectivity index (χ4v) is 7.95. The molecule has 0 atom stereocenters. The van der Waals surface area contributed by atoms with Crippen LogP contribution in [-0.4, -0.2) is 33.8 Å². The summed E-state index contributed by atoms with van der Waals surface area (Å²) in [7, 11) is 0. The van der Waals surface area contributed by atoms with Gasteiger partial charge in [0.15, 0.2) is 0 Å². The topological polar surface area (TPSA) is 133 Å². The van der Waals surface area contributed by atoms with E-state index in [9.17, 15) is 29.4 Å². The zero-order valence-electron chi connectivity index (χ0n) is 12.2. The Hall–Kier alpha value is -2.02. The van der Waals surface area contributed by atoms with Gasteiger partial charge in [-0.1, -0.05) is 47.0 Å². The quantitative estimate of drug-likeness (QED) is 0.209. The van der Waals surface area contributed by atoms with Crippen LogP contribution in [0.3, 0.4) is 0 Å². The van der Waals surface area contributed by atoms with Gasteiger partial charge in [-0.3, -0.25) is 29.8 Å². The number of fused-ring (bicyclic) bond motifs is 2. The second-order valence-corrected chi connectivity index (χ2v) is 9.91. The van der Waals surface area contributed by atoms with Crippen molar-refractivity contribution in [3.8, 4) is 11.5 Å². The third-order valence-electron chi connectivity index (χ3n) is 3.82. The van der Waals surface area contributed by atoms with E-state index in [0.29, 0.717) is 28.1 Å². The van der Waals surface area contributed by atoms with Crippen LogP contribution in [0.2, 0.25) is 0 Å².